The van der Waals surface area contributed by atoms with E-state index in [1.165, 1.54) is 0 Å². The lowest BCUT2D eigenvalue weighted by Crippen LogP contribution is -1.82. The molecule has 9 heavy (non-hydrogen) atoms. The summed E-state index contributed by atoms with van der Waals surface area (Å²) in [5, 5.41) is 0. The first kappa shape index (κ1) is 6.68. The Morgan fingerprint density at radius 3 is 2.89 bits per heavy atom. The van der Waals surface area contributed by atoms with Crippen LogP contribution in [0.25, 0.3) is 0 Å². The van der Waals surface area contributed by atoms with Gasteiger partial charge in [-0.1, -0.05) is 15.9 Å². The largest absolute Gasteiger partial charge is 0.258 e. The molecule has 0 bridgehead atoms. The van der Waals surface area contributed by atoms with Gasteiger partial charge in [0.05, 0.1) is 5.69 Å². The molecule has 0 radical (unpaired) electrons. The summed E-state index contributed by atoms with van der Waals surface area (Å²) < 4.78 is 12.7. The van der Waals surface area contributed by atoms with E-state index in [1.807, 2.05) is 0 Å². The Morgan fingerprint density at radius 1 is 1.67 bits per heavy atom. The van der Waals surface area contributed by atoms with E-state index in [1.54, 1.807) is 18.3 Å². The van der Waals surface area contributed by atoms with Crippen LogP contribution in [0.1, 0.15) is 5.69 Å². The predicted molar refractivity (Wildman–Crippen MR) is 36.7 cm³/mol. The lowest BCUT2D eigenvalue weighted by molar-refractivity contribution is 0.476. The molecule has 3 heteroatoms. The van der Waals surface area contributed by atoms with Gasteiger partial charge in [-0.15, -0.1) is 0 Å². The molecule has 0 fully saturated rings. The molecule has 48 valence electrons. The molecule has 0 saturated heterocycles. The average Bonchev–Trinajstić information content (AvgIpc) is 1.88. The van der Waals surface area contributed by atoms with Crippen molar-refractivity contribution in [3.63, 3.8) is 0 Å². The Morgan fingerprint density at radius 2 is 2.44 bits per heavy atom. The minimum atomic E-state index is -0.501. The van der Waals surface area contributed by atoms with Crippen LogP contribution in [0.15, 0.2) is 22.8 Å². The quantitative estimate of drug-likeness (QED) is 0.662. The first-order valence-corrected chi connectivity index (χ1v) is 3.28. The number of nitrogens with zero attached hydrogens (tertiary/aromatic N) is 1. The number of halogens is 2. The Kier molecular flexibility index (Phi) is 2.16. The van der Waals surface area contributed by atoms with Gasteiger partial charge in [0.25, 0.3) is 0 Å². The molecular weight excluding hydrogens is 185 g/mol. The number of hydrogen-bond acceptors (Lipinski definition) is 1. The molecule has 0 N–H and O–H groups in total. The van der Waals surface area contributed by atoms with Crippen molar-refractivity contribution >= 4 is 15.9 Å². The second kappa shape index (κ2) is 2.92. The van der Waals surface area contributed by atoms with E-state index < -0.39 is 6.67 Å². The number of aromatic nitrogens is 1. The van der Waals surface area contributed by atoms with Crippen LogP contribution < -0.4 is 0 Å². The van der Waals surface area contributed by atoms with Gasteiger partial charge < -0.3 is 0 Å². The Balaban J connectivity index is 2.94. The van der Waals surface area contributed by atoms with Gasteiger partial charge in [-0.2, -0.15) is 0 Å². The molecule has 0 aliphatic carbocycles. The lowest BCUT2D eigenvalue weighted by Gasteiger charge is -1.91. The molecule has 1 aromatic rings. The lowest BCUT2D eigenvalue weighted by atomic mass is 10.4. The molecular formula is C6H5BrFN. The standard InChI is InChI=1S/C6H5BrFN/c7-5-1-2-9-6(3-5)4-8/h1-3H,4H2. The summed E-state index contributed by atoms with van der Waals surface area (Å²) in [6.45, 7) is -0.501. The topological polar surface area (TPSA) is 12.9 Å². The maximum Gasteiger partial charge on any atom is 0.131 e. The van der Waals surface area contributed by atoms with Crippen LogP contribution in [-0.2, 0) is 6.67 Å². The number of alkyl halides is 1. The molecule has 0 atom stereocenters. The second-order valence-electron chi connectivity index (χ2n) is 1.60. The fraction of sp³-hybridized carbons (Fsp3) is 0.167. The van der Waals surface area contributed by atoms with Gasteiger partial charge in [-0.05, 0) is 12.1 Å². The van der Waals surface area contributed by atoms with E-state index in [0.29, 0.717) is 5.69 Å². The number of rotatable bonds is 1. The highest BCUT2D eigenvalue weighted by molar-refractivity contribution is 9.10. The third kappa shape index (κ3) is 1.75. The highest BCUT2D eigenvalue weighted by Gasteiger charge is 1.91. The molecule has 1 aromatic heterocycles. The van der Waals surface area contributed by atoms with Crippen molar-refractivity contribution in [2.75, 3.05) is 0 Å². The molecule has 0 aromatic carbocycles. The van der Waals surface area contributed by atoms with Crippen molar-refractivity contribution in [2.24, 2.45) is 0 Å². The first-order chi connectivity index (χ1) is 4.33. The van der Waals surface area contributed by atoms with Crippen LogP contribution >= 0.6 is 15.9 Å². The summed E-state index contributed by atoms with van der Waals surface area (Å²) in [4.78, 5) is 3.75. The van der Waals surface area contributed by atoms with Crippen molar-refractivity contribution in [2.45, 2.75) is 6.67 Å². The summed E-state index contributed by atoms with van der Waals surface area (Å²) in [6, 6.07) is 3.42. The summed E-state index contributed by atoms with van der Waals surface area (Å²) in [5.74, 6) is 0. The zero-order valence-corrected chi connectivity index (χ0v) is 6.23. The van der Waals surface area contributed by atoms with Crippen LogP contribution in [0, 0.1) is 0 Å². The van der Waals surface area contributed by atoms with Gasteiger partial charge in [0.15, 0.2) is 0 Å². The van der Waals surface area contributed by atoms with Gasteiger partial charge in [0, 0.05) is 10.7 Å². The van der Waals surface area contributed by atoms with E-state index in [4.69, 9.17) is 0 Å². The zero-order valence-electron chi connectivity index (χ0n) is 4.64. The molecule has 1 rings (SSSR count). The monoisotopic (exact) mass is 189 g/mol. The van der Waals surface area contributed by atoms with Gasteiger partial charge in [-0.3, -0.25) is 4.98 Å². The average molecular weight is 190 g/mol. The molecule has 1 nitrogen and oxygen atoms in total. The van der Waals surface area contributed by atoms with E-state index in [9.17, 15) is 4.39 Å². The second-order valence-corrected chi connectivity index (χ2v) is 2.51. The summed E-state index contributed by atoms with van der Waals surface area (Å²) in [5.41, 5.74) is 0.462. The minimum Gasteiger partial charge on any atom is -0.258 e. The maximum atomic E-state index is 11.8. The molecule has 0 aliphatic rings. The zero-order chi connectivity index (χ0) is 6.69. The Hall–Kier alpha value is -0.440. The van der Waals surface area contributed by atoms with Crippen LogP contribution in [0.5, 0.6) is 0 Å². The molecule has 0 amide bonds. The maximum absolute atomic E-state index is 11.8. The SMILES string of the molecule is FCc1cc(Br)ccn1. The summed E-state index contributed by atoms with van der Waals surface area (Å²) in [6.07, 6.45) is 1.57. The highest BCUT2D eigenvalue weighted by atomic mass is 79.9. The minimum absolute atomic E-state index is 0.462. The number of pyridine rings is 1. The van der Waals surface area contributed by atoms with Crippen molar-refractivity contribution in [1.82, 2.24) is 4.98 Å². The Labute approximate surface area is 61.0 Å². The smallest absolute Gasteiger partial charge is 0.131 e. The summed E-state index contributed by atoms with van der Waals surface area (Å²) in [7, 11) is 0. The molecule has 0 aliphatic heterocycles. The predicted octanol–water partition coefficient (Wildman–Crippen LogP) is 2.31. The van der Waals surface area contributed by atoms with Gasteiger partial charge in [-0.25, -0.2) is 4.39 Å². The van der Waals surface area contributed by atoms with Crippen molar-refractivity contribution in [3.05, 3.63) is 28.5 Å². The highest BCUT2D eigenvalue weighted by Crippen LogP contribution is 2.09. The van der Waals surface area contributed by atoms with E-state index in [0.717, 1.165) is 4.47 Å². The van der Waals surface area contributed by atoms with Crippen molar-refractivity contribution in [3.8, 4) is 0 Å². The molecule has 0 unspecified atom stereocenters. The fourth-order valence-electron chi connectivity index (χ4n) is 0.522. The van der Waals surface area contributed by atoms with Crippen molar-refractivity contribution in [1.29, 1.82) is 0 Å². The van der Waals surface area contributed by atoms with Crippen LogP contribution in [0.3, 0.4) is 0 Å². The fourth-order valence-corrected chi connectivity index (χ4v) is 0.904. The van der Waals surface area contributed by atoms with Gasteiger partial charge in [0.2, 0.25) is 0 Å². The summed E-state index contributed by atoms with van der Waals surface area (Å²) >= 11 is 3.20. The van der Waals surface area contributed by atoms with E-state index >= 15 is 0 Å². The normalized spacial score (nSPS) is 9.56. The van der Waals surface area contributed by atoms with Gasteiger partial charge >= 0.3 is 0 Å². The van der Waals surface area contributed by atoms with E-state index in [2.05, 4.69) is 20.9 Å². The number of hydrogen-bond donors (Lipinski definition) is 0. The van der Waals surface area contributed by atoms with Gasteiger partial charge in [0.1, 0.15) is 6.67 Å². The van der Waals surface area contributed by atoms with Crippen LogP contribution in [0.2, 0.25) is 0 Å². The first-order valence-electron chi connectivity index (χ1n) is 2.49. The third-order valence-corrected chi connectivity index (χ3v) is 1.41. The third-order valence-electron chi connectivity index (χ3n) is 0.916. The van der Waals surface area contributed by atoms with E-state index in [-0.39, 0.29) is 0 Å². The van der Waals surface area contributed by atoms with Crippen LogP contribution in [-0.4, -0.2) is 4.98 Å². The molecule has 0 spiro atoms. The Bertz CT molecular complexity index is 202. The molecule has 0 saturated carbocycles. The van der Waals surface area contributed by atoms with Crippen LogP contribution in [0.4, 0.5) is 4.39 Å². The van der Waals surface area contributed by atoms with Crippen molar-refractivity contribution < 1.29 is 4.39 Å². The molecule has 1 heterocycles.